The fourth-order valence-corrected chi connectivity index (χ4v) is 3.29. The predicted octanol–water partition coefficient (Wildman–Crippen LogP) is 3.15. The predicted molar refractivity (Wildman–Crippen MR) is 87.1 cm³/mol. The van der Waals surface area contributed by atoms with Gasteiger partial charge in [-0.2, -0.15) is 0 Å². The monoisotopic (exact) mass is 370 g/mol. The van der Waals surface area contributed by atoms with Crippen molar-refractivity contribution in [3.05, 3.63) is 46.4 Å². The van der Waals surface area contributed by atoms with E-state index in [-0.39, 0.29) is 4.90 Å². The summed E-state index contributed by atoms with van der Waals surface area (Å²) in [6.07, 6.45) is 0. The van der Waals surface area contributed by atoms with Crippen molar-refractivity contribution < 1.29 is 13.2 Å². The molecule has 0 aromatic heterocycles. The zero-order valence-corrected chi connectivity index (χ0v) is 14.0. The van der Waals surface area contributed by atoms with Crippen LogP contribution in [-0.4, -0.2) is 15.5 Å². The van der Waals surface area contributed by atoms with Gasteiger partial charge in [0.2, 0.25) is 0 Å². The van der Waals surface area contributed by atoms with E-state index in [0.717, 1.165) is 5.56 Å². The number of benzene rings is 2. The summed E-state index contributed by atoms with van der Waals surface area (Å²) in [7, 11) is -2.19. The van der Waals surface area contributed by atoms with Gasteiger partial charge in [0.05, 0.1) is 17.7 Å². The molecule has 0 spiro atoms. The van der Waals surface area contributed by atoms with Crippen LogP contribution in [0.25, 0.3) is 0 Å². The highest BCUT2D eigenvalue weighted by atomic mass is 79.9. The van der Waals surface area contributed by atoms with E-state index in [4.69, 9.17) is 10.5 Å². The number of hydrogen-bond donors (Lipinski definition) is 2. The molecule has 0 fully saturated rings. The van der Waals surface area contributed by atoms with E-state index in [2.05, 4.69) is 20.7 Å². The third-order valence-corrected chi connectivity index (χ3v) is 4.76. The van der Waals surface area contributed by atoms with Crippen molar-refractivity contribution in [2.45, 2.75) is 11.8 Å². The van der Waals surface area contributed by atoms with Gasteiger partial charge in [0.1, 0.15) is 5.75 Å². The van der Waals surface area contributed by atoms with E-state index >= 15 is 0 Å². The normalized spacial score (nSPS) is 11.2. The van der Waals surface area contributed by atoms with Gasteiger partial charge >= 0.3 is 0 Å². The molecule has 0 aliphatic heterocycles. The fourth-order valence-electron chi connectivity index (χ4n) is 1.74. The molecule has 0 heterocycles. The zero-order chi connectivity index (χ0) is 15.6. The van der Waals surface area contributed by atoms with Crippen LogP contribution in [0.1, 0.15) is 5.56 Å². The topological polar surface area (TPSA) is 81.4 Å². The first kappa shape index (κ1) is 15.7. The van der Waals surface area contributed by atoms with Crippen LogP contribution in [0.2, 0.25) is 0 Å². The van der Waals surface area contributed by atoms with E-state index < -0.39 is 10.0 Å². The minimum atomic E-state index is -3.70. The molecule has 0 atom stereocenters. The second-order valence-electron chi connectivity index (χ2n) is 4.50. The zero-order valence-electron chi connectivity index (χ0n) is 11.6. The molecule has 0 amide bonds. The molecule has 2 rings (SSSR count). The summed E-state index contributed by atoms with van der Waals surface area (Å²) in [6, 6.07) is 9.61. The van der Waals surface area contributed by atoms with Gasteiger partial charge in [0, 0.05) is 16.2 Å². The maximum absolute atomic E-state index is 12.4. The Balaban J connectivity index is 2.37. The number of aryl methyl sites for hydroxylation is 1. The van der Waals surface area contributed by atoms with Gasteiger partial charge in [-0.25, -0.2) is 8.42 Å². The van der Waals surface area contributed by atoms with Gasteiger partial charge in [-0.1, -0.05) is 22.0 Å². The molecule has 0 aliphatic carbocycles. The number of ether oxygens (including phenoxy) is 1. The van der Waals surface area contributed by atoms with Crippen molar-refractivity contribution >= 4 is 37.3 Å². The number of methoxy groups -OCH3 is 1. The minimum absolute atomic E-state index is 0.115. The van der Waals surface area contributed by atoms with Crippen LogP contribution in [0.3, 0.4) is 0 Å². The molecule has 0 saturated carbocycles. The number of hydrogen-bond acceptors (Lipinski definition) is 4. The van der Waals surface area contributed by atoms with Crippen molar-refractivity contribution in [3.63, 3.8) is 0 Å². The second-order valence-corrected chi connectivity index (χ2v) is 7.10. The van der Waals surface area contributed by atoms with Crippen LogP contribution >= 0.6 is 15.9 Å². The number of nitrogen functional groups attached to an aromatic ring is 1. The summed E-state index contributed by atoms with van der Waals surface area (Å²) in [4.78, 5) is 0.115. The number of nitrogens with two attached hydrogens (primary N) is 1. The molecule has 2 aromatic carbocycles. The first-order valence-corrected chi connectivity index (χ1v) is 8.33. The number of nitrogens with one attached hydrogen (secondary N) is 1. The quantitative estimate of drug-likeness (QED) is 0.809. The van der Waals surface area contributed by atoms with Crippen molar-refractivity contribution in [1.29, 1.82) is 0 Å². The van der Waals surface area contributed by atoms with Crippen LogP contribution in [-0.2, 0) is 10.0 Å². The molecule has 0 radical (unpaired) electrons. The van der Waals surface area contributed by atoms with Gasteiger partial charge in [0.25, 0.3) is 10.0 Å². The standard InChI is InChI=1S/C14H15BrN2O3S/c1-9-3-4-13(8-14(9)16)21(18,19)17-11-5-10(15)6-12(7-11)20-2/h3-8,17H,16H2,1-2H3. The van der Waals surface area contributed by atoms with Crippen LogP contribution in [0.4, 0.5) is 11.4 Å². The average Bonchev–Trinajstić information content (AvgIpc) is 2.40. The summed E-state index contributed by atoms with van der Waals surface area (Å²) in [5.74, 6) is 0.547. The number of halogens is 1. The summed E-state index contributed by atoms with van der Waals surface area (Å²) < 4.78 is 33.0. The Hall–Kier alpha value is -1.73. The van der Waals surface area contributed by atoms with Crippen LogP contribution in [0.15, 0.2) is 45.8 Å². The molecule has 21 heavy (non-hydrogen) atoms. The molecule has 0 aliphatic rings. The lowest BCUT2D eigenvalue weighted by molar-refractivity contribution is 0.415. The summed E-state index contributed by atoms with van der Waals surface area (Å²) in [5.41, 5.74) is 7.43. The van der Waals surface area contributed by atoms with Gasteiger partial charge in [-0.05, 0) is 36.8 Å². The molecule has 112 valence electrons. The van der Waals surface area contributed by atoms with Gasteiger partial charge in [0.15, 0.2) is 0 Å². The number of anilines is 2. The molecule has 3 N–H and O–H groups in total. The SMILES string of the molecule is COc1cc(Br)cc(NS(=O)(=O)c2ccc(C)c(N)c2)c1. The highest BCUT2D eigenvalue weighted by molar-refractivity contribution is 9.10. The number of sulfonamides is 1. The smallest absolute Gasteiger partial charge is 0.261 e. The van der Waals surface area contributed by atoms with E-state index in [1.54, 1.807) is 24.3 Å². The van der Waals surface area contributed by atoms with Crippen molar-refractivity contribution in [3.8, 4) is 5.75 Å². The summed E-state index contributed by atoms with van der Waals surface area (Å²) in [6.45, 7) is 1.82. The Kier molecular flexibility index (Phi) is 4.43. The summed E-state index contributed by atoms with van der Waals surface area (Å²) in [5, 5.41) is 0. The molecular formula is C14H15BrN2O3S. The molecule has 5 nitrogen and oxygen atoms in total. The lowest BCUT2D eigenvalue weighted by Crippen LogP contribution is -2.13. The van der Waals surface area contributed by atoms with Crippen LogP contribution < -0.4 is 15.2 Å². The maximum Gasteiger partial charge on any atom is 0.261 e. The Bertz CT molecular complexity index is 776. The minimum Gasteiger partial charge on any atom is -0.497 e. The van der Waals surface area contributed by atoms with Crippen molar-refractivity contribution in [1.82, 2.24) is 0 Å². The van der Waals surface area contributed by atoms with Gasteiger partial charge in [-0.15, -0.1) is 0 Å². The number of rotatable bonds is 4. The largest absolute Gasteiger partial charge is 0.497 e. The molecule has 2 aromatic rings. The van der Waals surface area contributed by atoms with Gasteiger partial charge < -0.3 is 10.5 Å². The van der Waals surface area contributed by atoms with Crippen molar-refractivity contribution in [2.24, 2.45) is 0 Å². The van der Waals surface area contributed by atoms with Crippen molar-refractivity contribution in [2.75, 3.05) is 17.6 Å². The lowest BCUT2D eigenvalue weighted by Gasteiger charge is -2.11. The third-order valence-electron chi connectivity index (χ3n) is 2.92. The van der Waals surface area contributed by atoms with E-state index in [0.29, 0.717) is 21.6 Å². The Labute approximate surface area is 132 Å². The van der Waals surface area contributed by atoms with Gasteiger partial charge in [-0.3, -0.25) is 4.72 Å². The van der Waals surface area contributed by atoms with Crippen LogP contribution in [0.5, 0.6) is 5.75 Å². The second kappa shape index (κ2) is 5.95. The lowest BCUT2D eigenvalue weighted by atomic mass is 10.2. The highest BCUT2D eigenvalue weighted by Gasteiger charge is 2.15. The Morgan fingerprint density at radius 1 is 1.19 bits per heavy atom. The third kappa shape index (κ3) is 3.68. The Morgan fingerprint density at radius 3 is 2.52 bits per heavy atom. The molecule has 0 bridgehead atoms. The highest BCUT2D eigenvalue weighted by Crippen LogP contribution is 2.27. The van der Waals surface area contributed by atoms with E-state index in [9.17, 15) is 8.42 Å². The van der Waals surface area contributed by atoms with Crippen LogP contribution in [0, 0.1) is 6.92 Å². The first-order valence-electron chi connectivity index (χ1n) is 6.05. The fraction of sp³-hybridized carbons (Fsp3) is 0.143. The maximum atomic E-state index is 12.4. The van der Waals surface area contributed by atoms with E-state index in [1.165, 1.54) is 19.2 Å². The molecule has 0 unspecified atom stereocenters. The summed E-state index contributed by atoms with van der Waals surface area (Å²) >= 11 is 3.30. The average molecular weight is 371 g/mol. The molecule has 7 heteroatoms. The Morgan fingerprint density at radius 2 is 1.90 bits per heavy atom. The first-order chi connectivity index (χ1) is 9.81. The van der Waals surface area contributed by atoms with E-state index in [1.807, 2.05) is 6.92 Å². The molecule has 0 saturated heterocycles. The molecular weight excluding hydrogens is 356 g/mol.